The number of benzene rings is 1. The van der Waals surface area contributed by atoms with E-state index >= 15 is 0 Å². The van der Waals surface area contributed by atoms with Crippen LogP contribution in [0.5, 0.6) is 5.75 Å². The zero-order valence-electron chi connectivity index (χ0n) is 13.3. The smallest absolute Gasteiger partial charge is 0.261 e. The van der Waals surface area contributed by atoms with Gasteiger partial charge in [0.25, 0.3) is 5.91 Å². The average molecular weight is 345 g/mol. The van der Waals surface area contributed by atoms with Crippen LogP contribution in [0.4, 0.5) is 0 Å². The van der Waals surface area contributed by atoms with Gasteiger partial charge in [-0.1, -0.05) is 6.92 Å². The highest BCUT2D eigenvalue weighted by Gasteiger charge is 2.25. The van der Waals surface area contributed by atoms with E-state index < -0.39 is 6.10 Å². The highest BCUT2D eigenvalue weighted by Crippen LogP contribution is 2.20. The van der Waals surface area contributed by atoms with Crippen molar-refractivity contribution in [3.05, 3.63) is 24.3 Å². The van der Waals surface area contributed by atoms with Gasteiger partial charge in [-0.2, -0.15) is 0 Å². The maximum absolute atomic E-state index is 12.2. The standard InChI is InChI=1S/C16H24N2O2S.ClH/c1-11-10-17-9-8-15(11)18-16(19)12(2)20-13-4-6-14(21-3)7-5-13;/h4-7,11-12,15,17H,8-10H2,1-3H3,(H,18,19);1H. The van der Waals surface area contributed by atoms with E-state index in [9.17, 15) is 4.79 Å². The molecule has 22 heavy (non-hydrogen) atoms. The Morgan fingerprint density at radius 1 is 1.41 bits per heavy atom. The molecule has 2 N–H and O–H groups in total. The number of carbonyl (C=O) groups excluding carboxylic acids is 1. The number of amides is 1. The second-order valence-corrected chi connectivity index (χ2v) is 6.40. The molecule has 0 radical (unpaired) electrons. The normalized spacial score (nSPS) is 22.3. The number of nitrogens with one attached hydrogen (secondary N) is 2. The van der Waals surface area contributed by atoms with Crippen LogP contribution in [0.2, 0.25) is 0 Å². The largest absolute Gasteiger partial charge is 0.481 e. The number of rotatable bonds is 5. The molecule has 1 saturated heterocycles. The van der Waals surface area contributed by atoms with Gasteiger partial charge in [0.05, 0.1) is 0 Å². The molecule has 3 unspecified atom stereocenters. The first-order valence-corrected chi connectivity index (χ1v) is 8.64. The minimum atomic E-state index is -0.479. The molecule has 3 atom stereocenters. The van der Waals surface area contributed by atoms with Crippen molar-refractivity contribution in [2.45, 2.75) is 37.3 Å². The summed E-state index contributed by atoms with van der Waals surface area (Å²) in [7, 11) is 0. The Kier molecular flexibility index (Phi) is 8.07. The van der Waals surface area contributed by atoms with Gasteiger partial charge in [-0.25, -0.2) is 0 Å². The zero-order chi connectivity index (χ0) is 15.2. The number of hydrogen-bond donors (Lipinski definition) is 2. The molecule has 0 bridgehead atoms. The minimum absolute atomic E-state index is 0. The molecule has 1 heterocycles. The van der Waals surface area contributed by atoms with E-state index in [-0.39, 0.29) is 24.4 Å². The molecule has 124 valence electrons. The number of hydrogen-bond acceptors (Lipinski definition) is 4. The molecular formula is C16H25ClN2O2S. The molecule has 2 rings (SSSR count). The van der Waals surface area contributed by atoms with Crippen molar-refractivity contribution in [3.63, 3.8) is 0 Å². The first-order chi connectivity index (χ1) is 10.1. The van der Waals surface area contributed by atoms with E-state index in [1.165, 1.54) is 4.90 Å². The molecule has 1 aliphatic rings. The summed E-state index contributed by atoms with van der Waals surface area (Å²) in [6.07, 6.45) is 2.53. The summed E-state index contributed by atoms with van der Waals surface area (Å²) >= 11 is 1.69. The third-order valence-corrected chi connectivity index (χ3v) is 4.60. The van der Waals surface area contributed by atoms with Crippen LogP contribution >= 0.6 is 24.2 Å². The quantitative estimate of drug-likeness (QED) is 0.806. The molecule has 0 saturated carbocycles. The number of carbonyl (C=O) groups is 1. The molecule has 0 aliphatic carbocycles. The lowest BCUT2D eigenvalue weighted by molar-refractivity contribution is -0.128. The third kappa shape index (κ3) is 5.38. The molecule has 1 aromatic carbocycles. The molecule has 4 nitrogen and oxygen atoms in total. The Morgan fingerprint density at radius 3 is 2.68 bits per heavy atom. The topological polar surface area (TPSA) is 50.4 Å². The lowest BCUT2D eigenvalue weighted by Gasteiger charge is -2.31. The number of ether oxygens (including phenoxy) is 1. The van der Waals surface area contributed by atoms with Crippen LogP contribution in [0, 0.1) is 5.92 Å². The van der Waals surface area contributed by atoms with Crippen molar-refractivity contribution in [3.8, 4) is 5.75 Å². The van der Waals surface area contributed by atoms with Crippen molar-refractivity contribution in [2.24, 2.45) is 5.92 Å². The van der Waals surface area contributed by atoms with Gasteiger partial charge in [0, 0.05) is 10.9 Å². The second-order valence-electron chi connectivity index (χ2n) is 5.52. The van der Waals surface area contributed by atoms with Crippen molar-refractivity contribution < 1.29 is 9.53 Å². The van der Waals surface area contributed by atoms with E-state index in [1.54, 1.807) is 18.7 Å². The van der Waals surface area contributed by atoms with E-state index in [0.717, 1.165) is 25.3 Å². The monoisotopic (exact) mass is 344 g/mol. The third-order valence-electron chi connectivity index (χ3n) is 3.85. The SMILES string of the molecule is CSc1ccc(OC(C)C(=O)NC2CCNCC2C)cc1.Cl. The van der Waals surface area contributed by atoms with Crippen molar-refractivity contribution in [2.75, 3.05) is 19.3 Å². The molecule has 6 heteroatoms. The van der Waals surface area contributed by atoms with Crippen molar-refractivity contribution in [1.29, 1.82) is 0 Å². The number of thioether (sulfide) groups is 1. The van der Waals surface area contributed by atoms with E-state index in [0.29, 0.717) is 5.92 Å². The molecule has 0 aromatic heterocycles. The zero-order valence-corrected chi connectivity index (χ0v) is 14.9. The first kappa shape index (κ1) is 19.1. The Balaban J connectivity index is 0.00000242. The first-order valence-electron chi connectivity index (χ1n) is 7.42. The van der Waals surface area contributed by atoms with Gasteiger partial charge in [-0.15, -0.1) is 24.2 Å². The average Bonchev–Trinajstić information content (AvgIpc) is 2.50. The molecular weight excluding hydrogens is 320 g/mol. The fraction of sp³-hybridized carbons (Fsp3) is 0.562. The van der Waals surface area contributed by atoms with Gasteiger partial charge >= 0.3 is 0 Å². The molecule has 1 fully saturated rings. The maximum Gasteiger partial charge on any atom is 0.261 e. The van der Waals surface area contributed by atoms with Crippen LogP contribution in [0.3, 0.4) is 0 Å². The molecule has 1 amide bonds. The number of halogens is 1. The predicted molar refractivity (Wildman–Crippen MR) is 94.1 cm³/mol. The summed E-state index contributed by atoms with van der Waals surface area (Å²) in [5, 5.41) is 6.44. The van der Waals surface area contributed by atoms with Gasteiger partial charge in [-0.05, 0) is 62.9 Å². The van der Waals surface area contributed by atoms with Gasteiger partial charge in [0.15, 0.2) is 6.10 Å². The summed E-state index contributed by atoms with van der Waals surface area (Å²) in [5.74, 6) is 1.15. The van der Waals surface area contributed by atoms with E-state index in [2.05, 4.69) is 17.6 Å². The Bertz CT molecular complexity index is 470. The Hall–Kier alpha value is -0.910. The molecule has 0 spiro atoms. The van der Waals surface area contributed by atoms with E-state index in [4.69, 9.17) is 4.74 Å². The molecule has 1 aliphatic heterocycles. The lowest BCUT2D eigenvalue weighted by Crippen LogP contribution is -2.51. The summed E-state index contributed by atoms with van der Waals surface area (Å²) in [6, 6.07) is 8.05. The lowest BCUT2D eigenvalue weighted by atomic mass is 9.95. The van der Waals surface area contributed by atoms with Crippen molar-refractivity contribution in [1.82, 2.24) is 10.6 Å². The van der Waals surface area contributed by atoms with Crippen molar-refractivity contribution >= 4 is 30.1 Å². The van der Waals surface area contributed by atoms with Gasteiger partial charge in [0.2, 0.25) is 0 Å². The Morgan fingerprint density at radius 2 is 2.09 bits per heavy atom. The van der Waals surface area contributed by atoms with Crippen LogP contribution in [0.25, 0.3) is 0 Å². The summed E-state index contributed by atoms with van der Waals surface area (Å²) < 4.78 is 5.72. The van der Waals surface area contributed by atoms with Gasteiger partial charge < -0.3 is 15.4 Å². The summed E-state index contributed by atoms with van der Waals surface area (Å²) in [5.41, 5.74) is 0. The number of piperidine rings is 1. The van der Waals surface area contributed by atoms with Gasteiger partial charge in [0.1, 0.15) is 5.75 Å². The van der Waals surface area contributed by atoms with Gasteiger partial charge in [-0.3, -0.25) is 4.79 Å². The summed E-state index contributed by atoms with van der Waals surface area (Å²) in [6.45, 7) is 5.87. The highest BCUT2D eigenvalue weighted by atomic mass is 35.5. The van der Waals surface area contributed by atoms with Crippen LogP contribution < -0.4 is 15.4 Å². The van der Waals surface area contributed by atoms with Crippen LogP contribution in [0.1, 0.15) is 20.3 Å². The fourth-order valence-corrected chi connectivity index (χ4v) is 2.85. The Labute approximate surface area is 143 Å². The minimum Gasteiger partial charge on any atom is -0.481 e. The van der Waals surface area contributed by atoms with E-state index in [1.807, 2.05) is 30.5 Å². The van der Waals surface area contributed by atoms with Crippen LogP contribution in [-0.4, -0.2) is 37.4 Å². The maximum atomic E-state index is 12.2. The second kappa shape index (κ2) is 9.28. The molecule has 1 aromatic rings. The summed E-state index contributed by atoms with van der Waals surface area (Å²) in [4.78, 5) is 13.4. The van der Waals surface area contributed by atoms with Crippen LogP contribution in [0.15, 0.2) is 29.2 Å². The predicted octanol–water partition coefficient (Wildman–Crippen LogP) is 2.71. The van der Waals surface area contributed by atoms with Crippen LogP contribution in [-0.2, 0) is 4.79 Å². The fourth-order valence-electron chi connectivity index (χ4n) is 2.44. The highest BCUT2D eigenvalue weighted by molar-refractivity contribution is 7.98.